The van der Waals surface area contributed by atoms with Gasteiger partial charge in [0.15, 0.2) is 0 Å². The van der Waals surface area contributed by atoms with Crippen molar-refractivity contribution in [1.29, 1.82) is 0 Å². The Balaban J connectivity index is 0.00000338. The number of methoxy groups -OCH3 is 1. The molecule has 0 saturated heterocycles. The molecule has 0 radical (unpaired) electrons. The van der Waals surface area contributed by atoms with Crippen LogP contribution in [0.4, 0.5) is 0 Å². The van der Waals surface area contributed by atoms with Crippen LogP contribution in [0.15, 0.2) is 60.7 Å². The average molecular weight is 377 g/mol. The van der Waals surface area contributed by atoms with Crippen molar-refractivity contribution in [1.82, 2.24) is 4.90 Å². The van der Waals surface area contributed by atoms with Crippen LogP contribution in [-0.4, -0.2) is 31.1 Å². The number of unbranched alkanes of at least 4 members (excludes halogenated alkanes) is 1. The summed E-state index contributed by atoms with van der Waals surface area (Å²) < 4.78 is 5.10. The van der Waals surface area contributed by atoms with Crippen molar-refractivity contribution in [2.24, 2.45) is 5.73 Å². The third-order valence-corrected chi connectivity index (χ3v) is 4.22. The monoisotopic (exact) mass is 376 g/mol. The number of ether oxygens (including phenoxy) is 1. The number of carbonyl (C=O) groups is 1. The highest BCUT2D eigenvalue weighted by molar-refractivity contribution is 5.85. The van der Waals surface area contributed by atoms with Crippen LogP contribution >= 0.6 is 12.4 Å². The summed E-state index contributed by atoms with van der Waals surface area (Å²) in [6.07, 6.45) is 2.19. The minimum Gasteiger partial charge on any atom is -0.385 e. The summed E-state index contributed by atoms with van der Waals surface area (Å²) in [5.41, 5.74) is 8.37. The van der Waals surface area contributed by atoms with E-state index in [1.165, 1.54) is 0 Å². The first kappa shape index (κ1) is 22.2. The second kappa shape index (κ2) is 12.5. The van der Waals surface area contributed by atoms with E-state index < -0.39 is 0 Å². The number of amides is 1. The predicted molar refractivity (Wildman–Crippen MR) is 108 cm³/mol. The highest BCUT2D eigenvalue weighted by Gasteiger charge is 2.18. The van der Waals surface area contributed by atoms with E-state index >= 15 is 0 Å². The molecule has 0 aromatic heterocycles. The van der Waals surface area contributed by atoms with Gasteiger partial charge in [-0.05, 0) is 24.0 Å². The van der Waals surface area contributed by atoms with E-state index in [4.69, 9.17) is 10.5 Å². The molecule has 0 saturated carbocycles. The number of carbonyl (C=O) groups excluding carboxylic acids is 1. The van der Waals surface area contributed by atoms with Gasteiger partial charge in [0.25, 0.3) is 0 Å². The van der Waals surface area contributed by atoms with Crippen LogP contribution < -0.4 is 5.73 Å². The summed E-state index contributed by atoms with van der Waals surface area (Å²) in [5, 5.41) is 0. The highest BCUT2D eigenvalue weighted by atomic mass is 35.5. The first-order valence-electron chi connectivity index (χ1n) is 8.82. The second-order valence-corrected chi connectivity index (χ2v) is 6.22. The van der Waals surface area contributed by atoms with Crippen molar-refractivity contribution in [2.45, 2.75) is 31.8 Å². The van der Waals surface area contributed by atoms with Gasteiger partial charge < -0.3 is 15.4 Å². The summed E-state index contributed by atoms with van der Waals surface area (Å²) in [5.74, 6) is 0.0950. The van der Waals surface area contributed by atoms with Crippen LogP contribution in [0, 0.1) is 0 Å². The van der Waals surface area contributed by atoms with Gasteiger partial charge in [0.2, 0.25) is 5.91 Å². The molecule has 1 unspecified atom stereocenters. The van der Waals surface area contributed by atoms with Crippen LogP contribution in [-0.2, 0) is 16.1 Å². The van der Waals surface area contributed by atoms with E-state index in [-0.39, 0.29) is 24.4 Å². The van der Waals surface area contributed by atoms with E-state index in [9.17, 15) is 4.79 Å². The molecule has 0 aliphatic heterocycles. The third kappa shape index (κ3) is 7.56. The van der Waals surface area contributed by atoms with Gasteiger partial charge in [0.05, 0.1) is 0 Å². The van der Waals surface area contributed by atoms with Crippen LogP contribution in [0.3, 0.4) is 0 Å². The first-order valence-corrected chi connectivity index (χ1v) is 8.82. The summed E-state index contributed by atoms with van der Waals surface area (Å²) in [6, 6.07) is 19.6. The Labute approximate surface area is 162 Å². The minimum absolute atomic E-state index is 0. The molecule has 0 aliphatic carbocycles. The van der Waals surface area contributed by atoms with Crippen molar-refractivity contribution < 1.29 is 9.53 Å². The minimum atomic E-state index is -0.272. The number of hydrogen-bond acceptors (Lipinski definition) is 3. The van der Waals surface area contributed by atoms with Crippen LogP contribution in [0.5, 0.6) is 0 Å². The van der Waals surface area contributed by atoms with Gasteiger partial charge >= 0.3 is 0 Å². The normalized spacial score (nSPS) is 11.5. The summed E-state index contributed by atoms with van der Waals surface area (Å²) in [6.45, 7) is 2.06. The Morgan fingerprint density at radius 2 is 1.65 bits per heavy atom. The van der Waals surface area contributed by atoms with Gasteiger partial charge in [-0.1, -0.05) is 60.7 Å². The van der Waals surface area contributed by atoms with E-state index in [0.29, 0.717) is 13.0 Å². The van der Waals surface area contributed by atoms with E-state index in [2.05, 4.69) is 0 Å². The standard InChI is InChI=1S/C21H28N2O2.ClH/c1-25-15-9-8-14-23(17-18-10-4-2-5-11-18)21(24)16-20(22)19-12-6-3-7-13-19;/h2-7,10-13,20H,8-9,14-17,22H2,1H3;1H. The van der Waals surface area contributed by atoms with E-state index in [1.54, 1.807) is 7.11 Å². The molecule has 0 fully saturated rings. The largest absolute Gasteiger partial charge is 0.385 e. The zero-order chi connectivity index (χ0) is 17.9. The first-order chi connectivity index (χ1) is 12.2. The number of hydrogen-bond donors (Lipinski definition) is 1. The molecular weight excluding hydrogens is 348 g/mol. The van der Waals surface area contributed by atoms with Crippen molar-refractivity contribution in [3.8, 4) is 0 Å². The zero-order valence-electron chi connectivity index (χ0n) is 15.3. The average Bonchev–Trinajstić information content (AvgIpc) is 2.65. The Bertz CT molecular complexity index is 622. The smallest absolute Gasteiger partial charge is 0.224 e. The van der Waals surface area contributed by atoms with Gasteiger partial charge in [0, 0.05) is 39.3 Å². The molecule has 2 N–H and O–H groups in total. The van der Waals surface area contributed by atoms with Crippen molar-refractivity contribution in [3.63, 3.8) is 0 Å². The maximum Gasteiger partial charge on any atom is 0.224 e. The van der Waals surface area contributed by atoms with Crippen LogP contribution in [0.2, 0.25) is 0 Å². The SMILES string of the molecule is COCCCCN(Cc1ccccc1)C(=O)CC(N)c1ccccc1.Cl. The molecule has 26 heavy (non-hydrogen) atoms. The van der Waals surface area contributed by atoms with Gasteiger partial charge in [-0.3, -0.25) is 4.79 Å². The van der Waals surface area contributed by atoms with Gasteiger partial charge in [0.1, 0.15) is 0 Å². The number of halogens is 1. The molecule has 4 nitrogen and oxygen atoms in total. The molecule has 0 heterocycles. The Kier molecular flexibility index (Phi) is 10.6. The molecule has 2 aromatic carbocycles. The topological polar surface area (TPSA) is 55.6 Å². The lowest BCUT2D eigenvalue weighted by molar-refractivity contribution is -0.132. The molecule has 0 bridgehead atoms. The van der Waals surface area contributed by atoms with Crippen LogP contribution in [0.1, 0.15) is 36.4 Å². The maximum absolute atomic E-state index is 12.8. The quantitative estimate of drug-likeness (QED) is 0.638. The molecule has 2 aromatic rings. The Morgan fingerprint density at radius 3 is 2.27 bits per heavy atom. The van der Waals surface area contributed by atoms with Crippen molar-refractivity contribution >= 4 is 18.3 Å². The molecule has 1 atom stereocenters. The molecular formula is C21H29ClN2O2. The fraction of sp³-hybridized carbons (Fsp3) is 0.381. The maximum atomic E-state index is 12.8. The van der Waals surface area contributed by atoms with Gasteiger partial charge in [-0.15, -0.1) is 12.4 Å². The molecule has 0 spiro atoms. The summed E-state index contributed by atoms with van der Waals surface area (Å²) in [7, 11) is 1.70. The van der Waals surface area contributed by atoms with E-state index in [1.807, 2.05) is 65.6 Å². The number of nitrogens with zero attached hydrogens (tertiary/aromatic N) is 1. The highest BCUT2D eigenvalue weighted by Crippen LogP contribution is 2.16. The summed E-state index contributed by atoms with van der Waals surface area (Å²) in [4.78, 5) is 14.7. The van der Waals surface area contributed by atoms with Crippen molar-refractivity contribution in [2.75, 3.05) is 20.3 Å². The molecule has 5 heteroatoms. The Hall–Kier alpha value is -1.88. The molecule has 2 rings (SSSR count). The second-order valence-electron chi connectivity index (χ2n) is 6.22. The number of benzene rings is 2. The molecule has 142 valence electrons. The van der Waals surface area contributed by atoms with Gasteiger partial charge in [-0.2, -0.15) is 0 Å². The fourth-order valence-electron chi connectivity index (χ4n) is 2.78. The number of rotatable bonds is 10. The third-order valence-electron chi connectivity index (χ3n) is 4.22. The zero-order valence-corrected chi connectivity index (χ0v) is 16.2. The lowest BCUT2D eigenvalue weighted by atomic mass is 10.0. The van der Waals surface area contributed by atoms with Crippen molar-refractivity contribution in [3.05, 3.63) is 71.8 Å². The number of nitrogens with two attached hydrogens (primary N) is 1. The fourth-order valence-corrected chi connectivity index (χ4v) is 2.78. The lowest BCUT2D eigenvalue weighted by Gasteiger charge is -2.24. The van der Waals surface area contributed by atoms with E-state index in [0.717, 1.165) is 37.1 Å². The molecule has 0 aliphatic rings. The lowest BCUT2D eigenvalue weighted by Crippen LogP contribution is -2.34. The molecule has 1 amide bonds. The van der Waals surface area contributed by atoms with Gasteiger partial charge in [-0.25, -0.2) is 0 Å². The summed E-state index contributed by atoms with van der Waals surface area (Å²) >= 11 is 0. The van der Waals surface area contributed by atoms with Crippen LogP contribution in [0.25, 0.3) is 0 Å². The Morgan fingerprint density at radius 1 is 1.04 bits per heavy atom. The predicted octanol–water partition coefficient (Wildman–Crippen LogP) is 3.95.